The minimum absolute atomic E-state index is 0.0602. The Kier molecular flexibility index (Phi) is 2.00. The Morgan fingerprint density at radius 1 is 1.11 bits per heavy atom. The van der Waals surface area contributed by atoms with Gasteiger partial charge in [0.15, 0.2) is 0 Å². The molecule has 0 radical (unpaired) electrons. The van der Waals surface area contributed by atoms with Crippen molar-refractivity contribution in [2.24, 2.45) is 0 Å². The Balaban J connectivity index is 2.54. The van der Waals surface area contributed by atoms with Crippen LogP contribution >= 0.6 is 11.8 Å². The second-order valence-electron chi connectivity index (χ2n) is 2.21. The normalized spacial score (nSPS) is 52.0. The predicted molar refractivity (Wildman–Crippen MR) is 35.1 cm³/mol. The van der Waals surface area contributed by atoms with Gasteiger partial charge in [-0.1, -0.05) is 6.92 Å². The van der Waals surface area contributed by atoms with Crippen LogP contribution in [-0.2, 0) is 0 Å². The standard InChI is InChI=1S/C5H10O3S/c1-2-3(6)4(7)5(8)9-2/h2-8H,1H3/t2-,3-,4+,5-/m0/s1. The lowest BCUT2D eigenvalue weighted by atomic mass is 10.2. The summed E-state index contributed by atoms with van der Waals surface area (Å²) in [5.74, 6) is 0. The average Bonchev–Trinajstić information content (AvgIpc) is 1.98. The van der Waals surface area contributed by atoms with Gasteiger partial charge >= 0.3 is 0 Å². The number of aliphatic hydroxyl groups excluding tert-OH is 3. The van der Waals surface area contributed by atoms with E-state index in [1.165, 1.54) is 11.8 Å². The molecule has 0 aromatic heterocycles. The van der Waals surface area contributed by atoms with E-state index in [4.69, 9.17) is 15.3 Å². The Morgan fingerprint density at radius 3 is 1.78 bits per heavy atom. The molecule has 54 valence electrons. The molecule has 0 unspecified atom stereocenters. The highest BCUT2D eigenvalue weighted by Crippen LogP contribution is 2.31. The minimum atomic E-state index is -0.968. The molecule has 0 aromatic rings. The lowest BCUT2D eigenvalue weighted by Crippen LogP contribution is -2.31. The topological polar surface area (TPSA) is 60.7 Å². The van der Waals surface area contributed by atoms with Crippen LogP contribution in [0.4, 0.5) is 0 Å². The summed E-state index contributed by atoms with van der Waals surface area (Å²) in [6, 6.07) is 0. The Labute approximate surface area is 57.7 Å². The van der Waals surface area contributed by atoms with Gasteiger partial charge < -0.3 is 15.3 Å². The van der Waals surface area contributed by atoms with E-state index in [1.54, 1.807) is 6.92 Å². The molecule has 0 aliphatic carbocycles. The van der Waals surface area contributed by atoms with Crippen molar-refractivity contribution >= 4 is 11.8 Å². The van der Waals surface area contributed by atoms with Gasteiger partial charge in [-0.25, -0.2) is 0 Å². The number of rotatable bonds is 0. The smallest absolute Gasteiger partial charge is 0.128 e. The van der Waals surface area contributed by atoms with Crippen molar-refractivity contribution < 1.29 is 15.3 Å². The van der Waals surface area contributed by atoms with Crippen LogP contribution in [0.3, 0.4) is 0 Å². The first-order valence-electron chi connectivity index (χ1n) is 2.82. The maximum atomic E-state index is 9.01. The van der Waals surface area contributed by atoms with Gasteiger partial charge in [0, 0.05) is 5.25 Å². The van der Waals surface area contributed by atoms with Gasteiger partial charge in [-0.2, -0.15) is 0 Å². The van der Waals surface area contributed by atoms with Crippen LogP contribution in [0.5, 0.6) is 0 Å². The van der Waals surface area contributed by atoms with Crippen LogP contribution in [0.15, 0.2) is 0 Å². The van der Waals surface area contributed by atoms with Gasteiger partial charge in [-0.15, -0.1) is 11.8 Å². The molecule has 0 aromatic carbocycles. The molecule has 0 spiro atoms. The fraction of sp³-hybridized carbons (Fsp3) is 1.00. The maximum Gasteiger partial charge on any atom is 0.128 e. The predicted octanol–water partition coefficient (Wildman–Crippen LogP) is -0.838. The summed E-state index contributed by atoms with van der Waals surface area (Å²) in [7, 11) is 0. The van der Waals surface area contributed by atoms with Gasteiger partial charge in [-0.3, -0.25) is 0 Å². The fourth-order valence-corrected chi connectivity index (χ4v) is 1.91. The van der Waals surface area contributed by atoms with E-state index in [0.717, 1.165) is 0 Å². The minimum Gasteiger partial charge on any atom is -0.389 e. The van der Waals surface area contributed by atoms with Gasteiger partial charge in [-0.05, 0) is 0 Å². The molecule has 9 heavy (non-hydrogen) atoms. The SMILES string of the molecule is C[C@@H]1S[C@H](O)[C@H](O)[C@H]1O. The second kappa shape index (κ2) is 2.46. The molecule has 4 heteroatoms. The third-order valence-corrected chi connectivity index (χ3v) is 2.74. The third kappa shape index (κ3) is 1.21. The number of thioether (sulfide) groups is 1. The molecule has 1 rings (SSSR count). The summed E-state index contributed by atoms with van der Waals surface area (Å²) in [4.78, 5) is 0. The first kappa shape index (κ1) is 7.34. The molecule has 3 nitrogen and oxygen atoms in total. The highest BCUT2D eigenvalue weighted by molar-refractivity contribution is 8.00. The van der Waals surface area contributed by atoms with Crippen LogP contribution in [0.25, 0.3) is 0 Å². The van der Waals surface area contributed by atoms with Crippen LogP contribution in [0.2, 0.25) is 0 Å². The molecule has 0 bridgehead atoms. The second-order valence-corrected chi connectivity index (χ2v) is 3.71. The van der Waals surface area contributed by atoms with Crippen LogP contribution < -0.4 is 0 Å². The fourth-order valence-electron chi connectivity index (χ4n) is 0.827. The molecule has 1 aliphatic rings. The first-order valence-corrected chi connectivity index (χ1v) is 3.77. The number of hydrogen-bond donors (Lipinski definition) is 3. The van der Waals surface area contributed by atoms with Crippen molar-refractivity contribution in [1.82, 2.24) is 0 Å². The Morgan fingerprint density at radius 2 is 1.67 bits per heavy atom. The molecular weight excluding hydrogens is 140 g/mol. The molecule has 0 amide bonds. The summed E-state index contributed by atoms with van der Waals surface area (Å²) < 4.78 is 0. The van der Waals surface area contributed by atoms with E-state index >= 15 is 0 Å². The molecular formula is C5H10O3S. The highest BCUT2D eigenvalue weighted by Gasteiger charge is 2.38. The van der Waals surface area contributed by atoms with Crippen LogP contribution in [0, 0.1) is 0 Å². The van der Waals surface area contributed by atoms with Crippen molar-refractivity contribution in [3.63, 3.8) is 0 Å². The zero-order chi connectivity index (χ0) is 7.02. The van der Waals surface area contributed by atoms with E-state index in [0.29, 0.717) is 0 Å². The van der Waals surface area contributed by atoms with E-state index in [-0.39, 0.29) is 5.25 Å². The van der Waals surface area contributed by atoms with Crippen LogP contribution in [-0.4, -0.2) is 38.2 Å². The Hall–Kier alpha value is 0.230. The monoisotopic (exact) mass is 150 g/mol. The van der Waals surface area contributed by atoms with E-state index in [1.807, 2.05) is 0 Å². The van der Waals surface area contributed by atoms with Crippen molar-refractivity contribution in [1.29, 1.82) is 0 Å². The van der Waals surface area contributed by atoms with Crippen molar-refractivity contribution in [3.8, 4) is 0 Å². The number of hydrogen-bond acceptors (Lipinski definition) is 4. The first-order chi connectivity index (χ1) is 4.13. The lowest BCUT2D eigenvalue weighted by molar-refractivity contribution is -0.0120. The molecule has 1 aliphatic heterocycles. The van der Waals surface area contributed by atoms with Gasteiger partial charge in [0.05, 0.1) is 6.10 Å². The summed E-state index contributed by atoms with van der Waals surface area (Å²) >= 11 is 1.19. The zero-order valence-corrected chi connectivity index (χ0v) is 5.88. The molecule has 4 atom stereocenters. The highest BCUT2D eigenvalue weighted by atomic mass is 32.2. The van der Waals surface area contributed by atoms with Crippen molar-refractivity contribution in [2.45, 2.75) is 29.8 Å². The van der Waals surface area contributed by atoms with Crippen molar-refractivity contribution in [3.05, 3.63) is 0 Å². The summed E-state index contributed by atoms with van der Waals surface area (Å²) in [6.07, 6.45) is -1.74. The van der Waals surface area contributed by atoms with Gasteiger partial charge in [0.25, 0.3) is 0 Å². The van der Waals surface area contributed by atoms with Gasteiger partial charge in [0.1, 0.15) is 11.5 Å². The zero-order valence-electron chi connectivity index (χ0n) is 5.06. The average molecular weight is 150 g/mol. The van der Waals surface area contributed by atoms with E-state index in [2.05, 4.69) is 0 Å². The Bertz CT molecular complexity index is 96.4. The molecule has 1 saturated heterocycles. The maximum absolute atomic E-state index is 9.01. The van der Waals surface area contributed by atoms with Crippen molar-refractivity contribution in [2.75, 3.05) is 0 Å². The summed E-state index contributed by atoms with van der Waals surface area (Å²) in [5.41, 5.74) is -0.810. The summed E-state index contributed by atoms with van der Waals surface area (Å²) in [6.45, 7) is 1.77. The summed E-state index contributed by atoms with van der Waals surface area (Å²) in [5, 5.41) is 26.8. The largest absolute Gasteiger partial charge is 0.389 e. The molecule has 1 fully saturated rings. The van der Waals surface area contributed by atoms with Crippen LogP contribution in [0.1, 0.15) is 6.92 Å². The molecule has 3 N–H and O–H groups in total. The number of aliphatic hydroxyl groups is 3. The quantitative estimate of drug-likeness (QED) is 0.421. The third-order valence-electron chi connectivity index (χ3n) is 1.48. The van der Waals surface area contributed by atoms with E-state index < -0.39 is 17.6 Å². The van der Waals surface area contributed by atoms with Gasteiger partial charge in [0.2, 0.25) is 0 Å². The van der Waals surface area contributed by atoms with E-state index in [9.17, 15) is 0 Å². The molecule has 0 saturated carbocycles. The lowest BCUT2D eigenvalue weighted by Gasteiger charge is -2.09. The molecule has 1 heterocycles.